The van der Waals surface area contributed by atoms with Gasteiger partial charge in [-0.25, -0.2) is 9.59 Å². The second-order valence-corrected chi connectivity index (χ2v) is 6.00. The van der Waals surface area contributed by atoms with E-state index in [1.54, 1.807) is 31.2 Å². The molecule has 0 atom stereocenters. The lowest BCUT2D eigenvalue weighted by Gasteiger charge is -2.10. The zero-order chi connectivity index (χ0) is 19.3. The molecule has 0 bridgehead atoms. The number of aryl methyl sites for hydroxylation is 1. The molecule has 1 aromatic heterocycles. The fourth-order valence-electron chi connectivity index (χ4n) is 2.25. The highest BCUT2D eigenvalue weighted by Gasteiger charge is 2.14. The molecular weight excluding hydrogens is 338 g/mol. The standard InChI is InChI=1S/C18H21N3O5/c1-10(2)20-18(25)21-13-6-4-12(5-7-13)16(22)19-9-14-8-15(17(23)24)11(3)26-14/h4-8,10H,9H2,1-3H3,(H,19,22)(H,23,24)(H2,20,21,25). The number of carbonyl (C=O) groups is 3. The van der Waals surface area contributed by atoms with Gasteiger partial charge in [-0.15, -0.1) is 0 Å². The van der Waals surface area contributed by atoms with Gasteiger partial charge in [0.2, 0.25) is 0 Å². The molecule has 0 unspecified atom stereocenters. The number of nitrogens with one attached hydrogen (secondary N) is 3. The number of benzene rings is 1. The molecule has 8 nitrogen and oxygen atoms in total. The van der Waals surface area contributed by atoms with Crippen molar-refractivity contribution in [3.63, 3.8) is 0 Å². The van der Waals surface area contributed by atoms with Gasteiger partial charge in [-0.05, 0) is 51.1 Å². The Morgan fingerprint density at radius 2 is 1.81 bits per heavy atom. The van der Waals surface area contributed by atoms with Gasteiger partial charge in [0.25, 0.3) is 5.91 Å². The van der Waals surface area contributed by atoms with Crippen LogP contribution in [0.5, 0.6) is 0 Å². The molecule has 1 heterocycles. The topological polar surface area (TPSA) is 121 Å². The predicted molar refractivity (Wildman–Crippen MR) is 95.3 cm³/mol. The van der Waals surface area contributed by atoms with Gasteiger partial charge in [-0.1, -0.05) is 0 Å². The van der Waals surface area contributed by atoms with Crippen molar-refractivity contribution in [3.8, 4) is 0 Å². The number of hydrogen-bond donors (Lipinski definition) is 4. The number of carboxylic acid groups (broad SMARTS) is 1. The summed E-state index contributed by atoms with van der Waals surface area (Å²) < 4.78 is 5.31. The summed E-state index contributed by atoms with van der Waals surface area (Å²) >= 11 is 0. The van der Waals surface area contributed by atoms with Crippen LogP contribution in [0.25, 0.3) is 0 Å². The van der Waals surface area contributed by atoms with Crippen molar-refractivity contribution in [1.29, 1.82) is 0 Å². The first-order chi connectivity index (χ1) is 12.3. The predicted octanol–water partition coefficient (Wildman–Crippen LogP) is 2.75. The minimum Gasteiger partial charge on any atom is -0.478 e. The molecule has 0 radical (unpaired) electrons. The van der Waals surface area contributed by atoms with Crippen molar-refractivity contribution < 1.29 is 23.9 Å². The van der Waals surface area contributed by atoms with Gasteiger partial charge in [0.05, 0.1) is 6.54 Å². The zero-order valence-electron chi connectivity index (χ0n) is 14.8. The Labute approximate surface area is 150 Å². The molecule has 26 heavy (non-hydrogen) atoms. The van der Waals surface area contributed by atoms with E-state index in [4.69, 9.17) is 9.52 Å². The third-order valence-corrected chi connectivity index (χ3v) is 3.45. The van der Waals surface area contributed by atoms with E-state index in [1.165, 1.54) is 6.07 Å². The van der Waals surface area contributed by atoms with Gasteiger partial charge >= 0.3 is 12.0 Å². The van der Waals surface area contributed by atoms with Crippen molar-refractivity contribution in [2.24, 2.45) is 0 Å². The maximum absolute atomic E-state index is 12.2. The van der Waals surface area contributed by atoms with Crippen LogP contribution in [-0.2, 0) is 6.54 Å². The van der Waals surface area contributed by atoms with Crippen LogP contribution in [-0.4, -0.2) is 29.1 Å². The molecule has 0 aliphatic carbocycles. The molecule has 0 aliphatic rings. The molecular formula is C18H21N3O5. The fraction of sp³-hybridized carbons (Fsp3) is 0.278. The first kappa shape index (κ1) is 19.0. The van der Waals surface area contributed by atoms with Crippen LogP contribution in [0.3, 0.4) is 0 Å². The zero-order valence-corrected chi connectivity index (χ0v) is 14.8. The highest BCUT2D eigenvalue weighted by atomic mass is 16.4. The third-order valence-electron chi connectivity index (χ3n) is 3.45. The van der Waals surface area contributed by atoms with Crippen molar-refractivity contribution in [1.82, 2.24) is 10.6 Å². The van der Waals surface area contributed by atoms with Gasteiger partial charge in [0.15, 0.2) is 0 Å². The van der Waals surface area contributed by atoms with Crippen LogP contribution >= 0.6 is 0 Å². The summed E-state index contributed by atoms with van der Waals surface area (Å²) in [7, 11) is 0. The molecule has 3 amide bonds. The van der Waals surface area contributed by atoms with E-state index in [0.29, 0.717) is 17.0 Å². The van der Waals surface area contributed by atoms with Gasteiger partial charge in [0, 0.05) is 17.3 Å². The highest BCUT2D eigenvalue weighted by molar-refractivity contribution is 5.95. The number of urea groups is 1. The average Bonchev–Trinajstić information content (AvgIpc) is 2.93. The van der Waals surface area contributed by atoms with E-state index >= 15 is 0 Å². The maximum Gasteiger partial charge on any atom is 0.339 e. The SMILES string of the molecule is Cc1oc(CNC(=O)c2ccc(NC(=O)NC(C)C)cc2)cc1C(=O)O. The average molecular weight is 359 g/mol. The van der Waals surface area contributed by atoms with Crippen LogP contribution < -0.4 is 16.0 Å². The number of amides is 3. The number of carboxylic acids is 1. The molecule has 4 N–H and O–H groups in total. The summed E-state index contributed by atoms with van der Waals surface area (Å²) in [5, 5.41) is 17.0. The summed E-state index contributed by atoms with van der Waals surface area (Å²) in [6.45, 7) is 5.33. The second kappa shape index (κ2) is 8.19. The fourth-order valence-corrected chi connectivity index (χ4v) is 2.25. The first-order valence-corrected chi connectivity index (χ1v) is 8.04. The lowest BCUT2D eigenvalue weighted by atomic mass is 10.2. The summed E-state index contributed by atoms with van der Waals surface area (Å²) in [4.78, 5) is 34.8. The van der Waals surface area contributed by atoms with Crippen molar-refractivity contribution >= 4 is 23.6 Å². The molecule has 0 aliphatic heterocycles. The van der Waals surface area contributed by atoms with Crippen molar-refractivity contribution in [2.45, 2.75) is 33.4 Å². The highest BCUT2D eigenvalue weighted by Crippen LogP contribution is 2.15. The summed E-state index contributed by atoms with van der Waals surface area (Å²) in [6, 6.07) is 7.49. The number of aromatic carboxylic acids is 1. The third kappa shape index (κ3) is 5.10. The number of anilines is 1. The van der Waals surface area contributed by atoms with Crippen LogP contribution in [0, 0.1) is 6.92 Å². The molecule has 2 rings (SSSR count). The molecule has 1 aromatic carbocycles. The van der Waals surface area contributed by atoms with E-state index in [2.05, 4.69) is 16.0 Å². The monoisotopic (exact) mass is 359 g/mol. The number of rotatable bonds is 6. The number of carbonyl (C=O) groups excluding carboxylic acids is 2. The molecule has 8 heteroatoms. The molecule has 2 aromatic rings. The summed E-state index contributed by atoms with van der Waals surface area (Å²) in [5.74, 6) is -0.767. The Balaban J connectivity index is 1.92. The van der Waals surface area contributed by atoms with Gasteiger partial charge < -0.3 is 25.5 Å². The summed E-state index contributed by atoms with van der Waals surface area (Å²) in [6.07, 6.45) is 0. The minimum absolute atomic E-state index is 0.0203. The Bertz CT molecular complexity index is 809. The summed E-state index contributed by atoms with van der Waals surface area (Å²) in [5.41, 5.74) is 1.04. The van der Waals surface area contributed by atoms with Crippen molar-refractivity contribution in [2.75, 3.05) is 5.32 Å². The largest absolute Gasteiger partial charge is 0.478 e. The van der Waals surface area contributed by atoms with E-state index in [9.17, 15) is 14.4 Å². The maximum atomic E-state index is 12.2. The molecule has 0 fully saturated rings. The quantitative estimate of drug-likeness (QED) is 0.632. The smallest absolute Gasteiger partial charge is 0.339 e. The van der Waals surface area contributed by atoms with E-state index in [1.807, 2.05) is 13.8 Å². The van der Waals surface area contributed by atoms with Gasteiger partial charge in [0.1, 0.15) is 17.1 Å². The molecule has 0 saturated carbocycles. The number of furan rings is 1. The Morgan fingerprint density at radius 3 is 2.35 bits per heavy atom. The van der Waals surface area contributed by atoms with Crippen LogP contribution in [0.2, 0.25) is 0 Å². The van der Waals surface area contributed by atoms with E-state index < -0.39 is 5.97 Å². The van der Waals surface area contributed by atoms with Crippen LogP contribution in [0.1, 0.15) is 46.1 Å². The second-order valence-electron chi connectivity index (χ2n) is 6.00. The van der Waals surface area contributed by atoms with Gasteiger partial charge in [-0.3, -0.25) is 4.79 Å². The van der Waals surface area contributed by atoms with Crippen LogP contribution in [0.15, 0.2) is 34.7 Å². The van der Waals surface area contributed by atoms with E-state index in [0.717, 1.165) is 0 Å². The number of hydrogen-bond acceptors (Lipinski definition) is 4. The van der Waals surface area contributed by atoms with Gasteiger partial charge in [-0.2, -0.15) is 0 Å². The Kier molecular flexibility index (Phi) is 6.00. The van der Waals surface area contributed by atoms with Crippen LogP contribution in [0.4, 0.5) is 10.5 Å². The minimum atomic E-state index is -1.08. The van der Waals surface area contributed by atoms with Crippen molar-refractivity contribution in [3.05, 3.63) is 53.0 Å². The first-order valence-electron chi connectivity index (χ1n) is 8.04. The lowest BCUT2D eigenvalue weighted by molar-refractivity contribution is 0.0694. The molecule has 0 saturated heterocycles. The Hall–Kier alpha value is -3.29. The molecule has 0 spiro atoms. The normalized spacial score (nSPS) is 10.5. The Morgan fingerprint density at radius 1 is 1.15 bits per heavy atom. The van der Waals surface area contributed by atoms with E-state index in [-0.39, 0.29) is 35.8 Å². The lowest BCUT2D eigenvalue weighted by Crippen LogP contribution is -2.34. The molecule has 138 valence electrons.